The molecule has 0 spiro atoms. The van der Waals surface area contributed by atoms with E-state index in [1.165, 1.54) is 18.2 Å². The molecule has 1 heterocycles. The molecule has 2 aromatic carbocycles. The van der Waals surface area contributed by atoms with Crippen LogP contribution < -0.4 is 0 Å². The number of nitrogens with zero attached hydrogens (tertiary/aromatic N) is 3. The summed E-state index contributed by atoms with van der Waals surface area (Å²) in [5.74, 6) is -0.468. The minimum absolute atomic E-state index is 0.0791. The Balaban J connectivity index is 1.71. The number of alkyl halides is 3. The first-order valence-electron chi connectivity index (χ1n) is 8.69. The Morgan fingerprint density at radius 1 is 1.03 bits per heavy atom. The molecule has 2 aromatic rings. The van der Waals surface area contributed by atoms with Gasteiger partial charge >= 0.3 is 6.18 Å². The van der Waals surface area contributed by atoms with Crippen molar-refractivity contribution in [2.45, 2.75) is 17.6 Å². The second-order valence-electron chi connectivity index (χ2n) is 6.62. The normalized spacial score (nSPS) is 16.5. The molecule has 1 aliphatic heterocycles. The molecular formula is C19H17F4N3O2S. The van der Waals surface area contributed by atoms with E-state index in [0.29, 0.717) is 30.3 Å². The summed E-state index contributed by atoms with van der Waals surface area (Å²) in [6.45, 7) is 1.04. The third-order valence-corrected chi connectivity index (χ3v) is 6.61. The van der Waals surface area contributed by atoms with Gasteiger partial charge in [-0.3, -0.25) is 4.90 Å². The molecular weight excluding hydrogens is 410 g/mol. The van der Waals surface area contributed by atoms with E-state index in [1.807, 2.05) is 11.0 Å². The minimum Gasteiger partial charge on any atom is -0.296 e. The van der Waals surface area contributed by atoms with Gasteiger partial charge in [-0.1, -0.05) is 6.07 Å². The fraction of sp³-hybridized carbons (Fsp3) is 0.316. The molecule has 0 radical (unpaired) electrons. The van der Waals surface area contributed by atoms with Crippen molar-refractivity contribution in [2.75, 3.05) is 26.2 Å². The van der Waals surface area contributed by atoms with Gasteiger partial charge in [-0.2, -0.15) is 22.7 Å². The molecule has 0 amide bonds. The van der Waals surface area contributed by atoms with E-state index in [2.05, 4.69) is 0 Å². The molecule has 5 nitrogen and oxygen atoms in total. The zero-order chi connectivity index (χ0) is 21.2. The molecule has 10 heteroatoms. The first kappa shape index (κ1) is 21.2. The van der Waals surface area contributed by atoms with Crippen LogP contribution in [0.5, 0.6) is 0 Å². The maximum absolute atomic E-state index is 13.5. The van der Waals surface area contributed by atoms with Crippen LogP contribution in [0.2, 0.25) is 0 Å². The highest BCUT2D eigenvalue weighted by Crippen LogP contribution is 2.31. The first-order chi connectivity index (χ1) is 13.6. The average Bonchev–Trinajstić information content (AvgIpc) is 2.68. The standard InChI is InChI=1S/C19H17F4N3O2S/c20-17-5-4-14(12-24)15(10-17)13-25-6-8-26(9-7-25)29(27,28)18-3-1-2-16(11-18)19(21,22)23/h1-5,10-11H,6-9,13H2. The van der Waals surface area contributed by atoms with Crippen LogP contribution >= 0.6 is 0 Å². The van der Waals surface area contributed by atoms with Gasteiger partial charge < -0.3 is 0 Å². The Hall–Kier alpha value is -2.48. The molecule has 3 rings (SSSR count). The van der Waals surface area contributed by atoms with Crippen molar-refractivity contribution in [3.8, 4) is 6.07 Å². The molecule has 0 N–H and O–H groups in total. The van der Waals surface area contributed by atoms with Gasteiger partial charge in [-0.05, 0) is 42.0 Å². The van der Waals surface area contributed by atoms with Gasteiger partial charge in [-0.25, -0.2) is 12.8 Å². The number of benzene rings is 2. The molecule has 0 unspecified atom stereocenters. The molecule has 154 valence electrons. The third kappa shape index (κ3) is 4.75. The predicted octanol–water partition coefficient (Wildman–Crippen LogP) is 3.22. The lowest BCUT2D eigenvalue weighted by Gasteiger charge is -2.34. The van der Waals surface area contributed by atoms with E-state index in [4.69, 9.17) is 5.26 Å². The van der Waals surface area contributed by atoms with Gasteiger partial charge in [0, 0.05) is 32.7 Å². The highest BCUT2D eigenvalue weighted by Gasteiger charge is 2.34. The zero-order valence-electron chi connectivity index (χ0n) is 15.2. The van der Waals surface area contributed by atoms with Crippen molar-refractivity contribution in [3.05, 3.63) is 65.0 Å². The molecule has 1 saturated heterocycles. The maximum atomic E-state index is 13.5. The Morgan fingerprint density at radius 2 is 1.72 bits per heavy atom. The molecule has 0 aliphatic carbocycles. The second kappa shape index (κ2) is 8.10. The van der Waals surface area contributed by atoms with Gasteiger partial charge in [0.05, 0.1) is 22.1 Å². The molecule has 1 fully saturated rings. The SMILES string of the molecule is N#Cc1ccc(F)cc1CN1CCN(S(=O)(=O)c2cccc(C(F)(F)F)c2)CC1. The van der Waals surface area contributed by atoms with Crippen LogP contribution in [-0.2, 0) is 22.7 Å². The number of nitriles is 1. The number of hydrogen-bond acceptors (Lipinski definition) is 4. The lowest BCUT2D eigenvalue weighted by atomic mass is 10.1. The average molecular weight is 427 g/mol. The van der Waals surface area contributed by atoms with E-state index >= 15 is 0 Å². The largest absolute Gasteiger partial charge is 0.416 e. The van der Waals surface area contributed by atoms with Crippen LogP contribution in [0.4, 0.5) is 17.6 Å². The Bertz CT molecular complexity index is 1040. The lowest BCUT2D eigenvalue weighted by molar-refractivity contribution is -0.137. The summed E-state index contributed by atoms with van der Waals surface area (Å²) in [6, 6.07) is 9.51. The van der Waals surface area contributed by atoms with Crippen LogP contribution in [0.1, 0.15) is 16.7 Å². The Kier molecular flexibility index (Phi) is 5.93. The highest BCUT2D eigenvalue weighted by molar-refractivity contribution is 7.89. The first-order valence-corrected chi connectivity index (χ1v) is 10.1. The van der Waals surface area contributed by atoms with Gasteiger partial charge in [0.15, 0.2) is 0 Å². The fourth-order valence-electron chi connectivity index (χ4n) is 3.15. The second-order valence-corrected chi connectivity index (χ2v) is 8.56. The molecule has 0 saturated carbocycles. The monoisotopic (exact) mass is 427 g/mol. The van der Waals surface area contributed by atoms with Crippen molar-refractivity contribution in [1.29, 1.82) is 5.26 Å². The van der Waals surface area contributed by atoms with E-state index in [1.54, 1.807) is 0 Å². The summed E-state index contributed by atoms with van der Waals surface area (Å²) in [4.78, 5) is 1.46. The molecule has 0 aromatic heterocycles. The van der Waals surface area contributed by atoms with Crippen molar-refractivity contribution >= 4 is 10.0 Å². The lowest BCUT2D eigenvalue weighted by Crippen LogP contribution is -2.48. The summed E-state index contributed by atoms with van der Waals surface area (Å²) in [5.41, 5.74) is -0.181. The molecule has 1 aliphatic rings. The zero-order valence-corrected chi connectivity index (χ0v) is 16.0. The van der Waals surface area contributed by atoms with E-state index in [0.717, 1.165) is 22.5 Å². The Morgan fingerprint density at radius 3 is 2.34 bits per heavy atom. The highest BCUT2D eigenvalue weighted by atomic mass is 32.2. The summed E-state index contributed by atoms with van der Waals surface area (Å²) in [7, 11) is -4.07. The Labute approximate surface area is 165 Å². The number of sulfonamides is 1. The van der Waals surface area contributed by atoms with Gasteiger partial charge in [-0.15, -0.1) is 0 Å². The summed E-state index contributed by atoms with van der Waals surface area (Å²) in [6.07, 6.45) is -4.63. The molecule has 0 bridgehead atoms. The predicted molar refractivity (Wildman–Crippen MR) is 96.6 cm³/mol. The van der Waals surface area contributed by atoms with Crippen molar-refractivity contribution < 1.29 is 26.0 Å². The minimum atomic E-state index is -4.63. The van der Waals surface area contributed by atoms with Gasteiger partial charge in [0.1, 0.15) is 5.82 Å². The van der Waals surface area contributed by atoms with Crippen molar-refractivity contribution in [1.82, 2.24) is 9.21 Å². The van der Waals surface area contributed by atoms with Crippen LogP contribution in [-0.4, -0.2) is 43.8 Å². The maximum Gasteiger partial charge on any atom is 0.416 e. The number of hydrogen-bond donors (Lipinski definition) is 0. The van der Waals surface area contributed by atoms with E-state index < -0.39 is 32.5 Å². The number of piperazine rings is 1. The van der Waals surface area contributed by atoms with Crippen LogP contribution in [0.3, 0.4) is 0 Å². The van der Waals surface area contributed by atoms with Crippen LogP contribution in [0.15, 0.2) is 47.4 Å². The smallest absolute Gasteiger partial charge is 0.296 e. The van der Waals surface area contributed by atoms with Crippen LogP contribution in [0.25, 0.3) is 0 Å². The van der Waals surface area contributed by atoms with Crippen molar-refractivity contribution in [2.24, 2.45) is 0 Å². The summed E-state index contributed by atoms with van der Waals surface area (Å²) >= 11 is 0. The van der Waals surface area contributed by atoms with Gasteiger partial charge in [0.2, 0.25) is 10.0 Å². The van der Waals surface area contributed by atoms with E-state index in [-0.39, 0.29) is 19.6 Å². The topological polar surface area (TPSA) is 64.4 Å². The number of halogens is 4. The fourth-order valence-corrected chi connectivity index (χ4v) is 4.62. The van der Waals surface area contributed by atoms with Crippen molar-refractivity contribution in [3.63, 3.8) is 0 Å². The van der Waals surface area contributed by atoms with Crippen LogP contribution in [0, 0.1) is 17.1 Å². The summed E-state index contributed by atoms with van der Waals surface area (Å²) < 4.78 is 78.7. The molecule has 29 heavy (non-hydrogen) atoms. The van der Waals surface area contributed by atoms with E-state index in [9.17, 15) is 26.0 Å². The third-order valence-electron chi connectivity index (χ3n) is 4.71. The summed E-state index contributed by atoms with van der Waals surface area (Å²) in [5, 5.41) is 9.13. The quantitative estimate of drug-likeness (QED) is 0.703. The van der Waals surface area contributed by atoms with Gasteiger partial charge in [0.25, 0.3) is 0 Å². The molecule has 0 atom stereocenters. The number of rotatable bonds is 4.